The van der Waals surface area contributed by atoms with Crippen LogP contribution in [0.2, 0.25) is 0 Å². The number of nitrogens with two attached hydrogens (primary N) is 1. The van der Waals surface area contributed by atoms with E-state index in [2.05, 4.69) is 4.72 Å². The SMILES string of the molecule is COc1cc(C2(C(N)=O)CC2)ccc1NS(C)(=O)=O. The fraction of sp³-hybridized carbons (Fsp3) is 0.417. The minimum Gasteiger partial charge on any atom is -0.495 e. The maximum Gasteiger partial charge on any atom is 0.229 e. The highest BCUT2D eigenvalue weighted by atomic mass is 32.2. The Balaban J connectivity index is 2.40. The van der Waals surface area contributed by atoms with Crippen molar-refractivity contribution in [2.75, 3.05) is 18.1 Å². The number of methoxy groups -OCH3 is 1. The number of benzene rings is 1. The van der Waals surface area contributed by atoms with Crippen LogP contribution in [0, 0.1) is 0 Å². The van der Waals surface area contributed by atoms with Crippen molar-refractivity contribution in [3.63, 3.8) is 0 Å². The van der Waals surface area contributed by atoms with Gasteiger partial charge in [0.2, 0.25) is 15.9 Å². The van der Waals surface area contributed by atoms with Crippen molar-refractivity contribution in [1.82, 2.24) is 0 Å². The van der Waals surface area contributed by atoms with Crippen LogP contribution in [0.1, 0.15) is 18.4 Å². The van der Waals surface area contributed by atoms with Gasteiger partial charge in [-0.1, -0.05) is 6.07 Å². The summed E-state index contributed by atoms with van der Waals surface area (Å²) in [6.45, 7) is 0. The number of rotatable bonds is 5. The third-order valence-corrected chi connectivity index (χ3v) is 3.86. The Morgan fingerprint density at radius 1 is 1.42 bits per heavy atom. The number of amides is 1. The van der Waals surface area contributed by atoms with Crippen LogP contribution in [0.3, 0.4) is 0 Å². The van der Waals surface area contributed by atoms with E-state index in [1.54, 1.807) is 18.2 Å². The van der Waals surface area contributed by atoms with Gasteiger partial charge < -0.3 is 10.5 Å². The zero-order valence-corrected chi connectivity index (χ0v) is 11.6. The van der Waals surface area contributed by atoms with Crippen LogP contribution in [-0.2, 0) is 20.2 Å². The maximum atomic E-state index is 11.5. The van der Waals surface area contributed by atoms with Crippen molar-refractivity contribution in [3.05, 3.63) is 23.8 Å². The van der Waals surface area contributed by atoms with Gasteiger partial charge in [-0.15, -0.1) is 0 Å². The van der Waals surface area contributed by atoms with E-state index in [0.29, 0.717) is 24.3 Å². The van der Waals surface area contributed by atoms with E-state index in [1.807, 2.05) is 0 Å². The van der Waals surface area contributed by atoms with E-state index in [-0.39, 0.29) is 5.91 Å². The molecule has 0 bridgehead atoms. The lowest BCUT2D eigenvalue weighted by Gasteiger charge is -2.15. The Morgan fingerprint density at radius 3 is 2.47 bits per heavy atom. The molecule has 1 fully saturated rings. The van der Waals surface area contributed by atoms with Crippen LogP contribution >= 0.6 is 0 Å². The summed E-state index contributed by atoms with van der Waals surface area (Å²) in [6, 6.07) is 4.94. The molecule has 0 aliphatic heterocycles. The molecule has 0 radical (unpaired) electrons. The number of anilines is 1. The second-order valence-electron chi connectivity index (χ2n) is 4.74. The topological polar surface area (TPSA) is 98.5 Å². The van der Waals surface area contributed by atoms with Crippen molar-refractivity contribution in [3.8, 4) is 5.75 Å². The molecule has 0 spiro atoms. The van der Waals surface area contributed by atoms with Gasteiger partial charge in [0.05, 0.1) is 24.5 Å². The fourth-order valence-corrected chi connectivity index (χ4v) is 2.64. The summed E-state index contributed by atoms with van der Waals surface area (Å²) in [5.74, 6) is 0.00817. The maximum absolute atomic E-state index is 11.5. The van der Waals surface area contributed by atoms with Crippen LogP contribution in [0.5, 0.6) is 5.75 Å². The van der Waals surface area contributed by atoms with Crippen LogP contribution in [0.15, 0.2) is 18.2 Å². The first-order valence-corrected chi connectivity index (χ1v) is 7.64. The number of sulfonamides is 1. The van der Waals surface area contributed by atoms with E-state index in [4.69, 9.17) is 10.5 Å². The normalized spacial score (nSPS) is 16.7. The van der Waals surface area contributed by atoms with Gasteiger partial charge in [-0.2, -0.15) is 0 Å². The Kier molecular flexibility index (Phi) is 3.17. The molecule has 1 amide bonds. The van der Waals surface area contributed by atoms with Crippen LogP contribution in [-0.4, -0.2) is 27.7 Å². The lowest BCUT2D eigenvalue weighted by Crippen LogP contribution is -2.28. The minimum absolute atomic E-state index is 0.342. The number of carbonyl (C=O) groups excluding carboxylic acids is 1. The summed E-state index contributed by atoms with van der Waals surface area (Å²) in [5, 5.41) is 0. The van der Waals surface area contributed by atoms with Crippen LogP contribution < -0.4 is 15.2 Å². The minimum atomic E-state index is -3.38. The van der Waals surface area contributed by atoms with Gasteiger partial charge in [-0.25, -0.2) is 8.42 Å². The van der Waals surface area contributed by atoms with E-state index in [1.165, 1.54) is 7.11 Å². The summed E-state index contributed by atoms with van der Waals surface area (Å²) in [4.78, 5) is 11.5. The molecule has 0 heterocycles. The average Bonchev–Trinajstić information content (AvgIpc) is 3.08. The molecule has 0 saturated heterocycles. The molecule has 3 N–H and O–H groups in total. The van der Waals surface area contributed by atoms with Gasteiger partial charge in [-0.3, -0.25) is 9.52 Å². The summed E-state index contributed by atoms with van der Waals surface area (Å²) >= 11 is 0. The zero-order valence-electron chi connectivity index (χ0n) is 10.8. The van der Waals surface area contributed by atoms with Crippen molar-refractivity contribution in [1.29, 1.82) is 0 Å². The predicted molar refractivity (Wildman–Crippen MR) is 71.6 cm³/mol. The molecule has 0 atom stereocenters. The van der Waals surface area contributed by atoms with E-state index >= 15 is 0 Å². The van der Waals surface area contributed by atoms with Crippen molar-refractivity contribution >= 4 is 21.6 Å². The smallest absolute Gasteiger partial charge is 0.229 e. The van der Waals surface area contributed by atoms with Gasteiger partial charge >= 0.3 is 0 Å². The molecular formula is C12H16N2O4S. The highest BCUT2D eigenvalue weighted by molar-refractivity contribution is 7.92. The quantitative estimate of drug-likeness (QED) is 0.826. The first kappa shape index (κ1) is 13.7. The van der Waals surface area contributed by atoms with Crippen molar-refractivity contribution in [2.24, 2.45) is 5.73 Å². The third-order valence-electron chi connectivity index (χ3n) is 3.27. The second-order valence-corrected chi connectivity index (χ2v) is 6.48. The van der Waals surface area contributed by atoms with E-state index in [9.17, 15) is 13.2 Å². The Labute approximate surface area is 112 Å². The molecule has 1 aromatic carbocycles. The molecule has 7 heteroatoms. The molecule has 6 nitrogen and oxygen atoms in total. The van der Waals surface area contributed by atoms with Gasteiger partial charge in [0, 0.05) is 0 Å². The molecule has 2 rings (SSSR count). The largest absolute Gasteiger partial charge is 0.495 e. The number of hydrogen-bond donors (Lipinski definition) is 2. The summed E-state index contributed by atoms with van der Waals surface area (Å²) in [5.41, 5.74) is 5.89. The molecule has 0 unspecified atom stereocenters. The third kappa shape index (κ3) is 2.65. The summed E-state index contributed by atoms with van der Waals surface area (Å²) < 4.78 is 30.0. The Bertz CT molecular complexity index is 621. The van der Waals surface area contributed by atoms with Gasteiger partial charge in [0.1, 0.15) is 5.75 Å². The lowest BCUT2D eigenvalue weighted by atomic mass is 9.95. The van der Waals surface area contributed by atoms with Gasteiger partial charge in [0.25, 0.3) is 0 Å². The number of primary amides is 1. The molecular weight excluding hydrogens is 268 g/mol. The van der Waals surface area contributed by atoms with Crippen molar-refractivity contribution in [2.45, 2.75) is 18.3 Å². The monoisotopic (exact) mass is 284 g/mol. The first-order valence-electron chi connectivity index (χ1n) is 5.75. The van der Waals surface area contributed by atoms with Crippen LogP contribution in [0.4, 0.5) is 5.69 Å². The molecule has 19 heavy (non-hydrogen) atoms. The predicted octanol–water partition coefficient (Wildman–Crippen LogP) is 0.584. The highest BCUT2D eigenvalue weighted by Gasteiger charge is 2.50. The lowest BCUT2D eigenvalue weighted by molar-refractivity contribution is -0.120. The standard InChI is InChI=1S/C12H16N2O4S/c1-18-10-7-8(12(5-6-12)11(13)15)3-4-9(10)14-19(2,16)17/h3-4,7,14H,5-6H2,1-2H3,(H2,13,15). The molecule has 1 aliphatic rings. The average molecular weight is 284 g/mol. The number of hydrogen-bond acceptors (Lipinski definition) is 4. The Morgan fingerprint density at radius 2 is 2.05 bits per heavy atom. The van der Waals surface area contributed by atoms with E-state index < -0.39 is 15.4 Å². The van der Waals surface area contributed by atoms with Gasteiger partial charge in [0.15, 0.2) is 0 Å². The molecule has 0 aromatic heterocycles. The summed E-state index contributed by atoms with van der Waals surface area (Å²) in [6.07, 6.45) is 2.49. The Hall–Kier alpha value is -1.76. The fourth-order valence-electron chi connectivity index (χ4n) is 2.08. The number of nitrogens with one attached hydrogen (secondary N) is 1. The summed E-state index contributed by atoms with van der Waals surface area (Å²) in [7, 11) is -1.94. The zero-order chi connectivity index (χ0) is 14.3. The number of ether oxygens (including phenoxy) is 1. The highest BCUT2D eigenvalue weighted by Crippen LogP contribution is 2.49. The van der Waals surface area contributed by atoms with E-state index in [0.717, 1.165) is 11.8 Å². The number of carbonyl (C=O) groups is 1. The van der Waals surface area contributed by atoms with Gasteiger partial charge in [-0.05, 0) is 30.5 Å². The molecule has 1 saturated carbocycles. The second kappa shape index (κ2) is 4.41. The van der Waals surface area contributed by atoms with Crippen LogP contribution in [0.25, 0.3) is 0 Å². The van der Waals surface area contributed by atoms with Crippen molar-refractivity contribution < 1.29 is 17.9 Å². The molecule has 1 aliphatic carbocycles. The molecule has 104 valence electrons. The molecule has 1 aromatic rings. The first-order chi connectivity index (χ1) is 8.78.